The monoisotopic (exact) mass is 225 g/mol. The Labute approximate surface area is 96.4 Å². The second-order valence-electron chi connectivity index (χ2n) is 4.18. The fraction of sp³-hybridized carbons (Fsp3) is 0.500. The molecule has 0 atom stereocenters. The minimum Gasteiger partial charge on any atom is -0.399 e. The molecule has 0 aromatic heterocycles. The molecule has 90 valence electrons. The lowest BCUT2D eigenvalue weighted by Crippen LogP contribution is -2.14. The van der Waals surface area contributed by atoms with Crippen molar-refractivity contribution in [1.29, 1.82) is 0 Å². The third kappa shape index (κ3) is 4.49. The van der Waals surface area contributed by atoms with Gasteiger partial charge in [-0.1, -0.05) is 0 Å². The van der Waals surface area contributed by atoms with Crippen LogP contribution in [-0.4, -0.2) is 32.1 Å². The number of nitrogen functional groups attached to an aromatic ring is 1. The number of nitrogens with two attached hydrogens (primary N) is 1. The van der Waals surface area contributed by atoms with Crippen molar-refractivity contribution in [3.63, 3.8) is 0 Å². The maximum Gasteiger partial charge on any atom is 0.148 e. The molecule has 0 unspecified atom stereocenters. The zero-order valence-electron chi connectivity index (χ0n) is 9.96. The van der Waals surface area contributed by atoms with Crippen LogP contribution in [0, 0.1) is 5.82 Å². The first-order valence-corrected chi connectivity index (χ1v) is 5.53. The van der Waals surface area contributed by atoms with Crippen LogP contribution in [0.5, 0.6) is 0 Å². The fourth-order valence-electron chi connectivity index (χ4n) is 1.45. The highest BCUT2D eigenvalue weighted by Crippen LogP contribution is 2.16. The summed E-state index contributed by atoms with van der Waals surface area (Å²) in [7, 11) is 4.10. The molecule has 0 aliphatic rings. The van der Waals surface area contributed by atoms with Crippen LogP contribution < -0.4 is 11.1 Å². The van der Waals surface area contributed by atoms with Gasteiger partial charge in [-0.05, 0) is 51.7 Å². The van der Waals surface area contributed by atoms with Gasteiger partial charge in [0.05, 0.1) is 5.69 Å². The minimum absolute atomic E-state index is 0.285. The summed E-state index contributed by atoms with van der Waals surface area (Å²) >= 11 is 0. The Kier molecular flexibility index (Phi) is 5.05. The topological polar surface area (TPSA) is 41.3 Å². The van der Waals surface area contributed by atoms with Crippen molar-refractivity contribution in [3.8, 4) is 0 Å². The van der Waals surface area contributed by atoms with Gasteiger partial charge in [0.15, 0.2) is 0 Å². The van der Waals surface area contributed by atoms with Crippen molar-refractivity contribution in [2.24, 2.45) is 0 Å². The first kappa shape index (κ1) is 12.8. The van der Waals surface area contributed by atoms with E-state index in [1.54, 1.807) is 12.1 Å². The molecule has 0 amide bonds. The molecule has 0 bridgehead atoms. The maximum absolute atomic E-state index is 13.3. The number of benzene rings is 1. The molecule has 3 N–H and O–H groups in total. The Bertz CT molecular complexity index is 326. The molecular weight excluding hydrogens is 205 g/mol. The first-order valence-electron chi connectivity index (χ1n) is 5.53. The molecule has 0 radical (unpaired) electrons. The van der Waals surface area contributed by atoms with Crippen LogP contribution in [0.1, 0.15) is 12.8 Å². The Morgan fingerprint density at radius 3 is 2.69 bits per heavy atom. The molecule has 0 fully saturated rings. The van der Waals surface area contributed by atoms with Gasteiger partial charge in [-0.2, -0.15) is 0 Å². The van der Waals surface area contributed by atoms with E-state index in [4.69, 9.17) is 5.73 Å². The fourth-order valence-corrected chi connectivity index (χ4v) is 1.45. The standard InChI is InChI=1S/C12H20FN3/c1-16(2)8-4-3-7-15-12-6-5-10(14)9-11(12)13/h5-6,9,15H,3-4,7-8,14H2,1-2H3. The molecule has 1 aromatic carbocycles. The molecule has 0 saturated heterocycles. The number of unbranched alkanes of at least 4 members (excludes halogenated alkanes) is 1. The molecular formula is C12H20FN3. The van der Waals surface area contributed by atoms with Gasteiger partial charge in [0.25, 0.3) is 0 Å². The van der Waals surface area contributed by atoms with Gasteiger partial charge in [-0.3, -0.25) is 0 Å². The number of hydrogen-bond donors (Lipinski definition) is 2. The van der Waals surface area contributed by atoms with Crippen LogP contribution in [-0.2, 0) is 0 Å². The predicted molar refractivity (Wildman–Crippen MR) is 67.1 cm³/mol. The van der Waals surface area contributed by atoms with Gasteiger partial charge in [-0.25, -0.2) is 4.39 Å². The van der Waals surface area contributed by atoms with Gasteiger partial charge in [0.2, 0.25) is 0 Å². The molecule has 0 heterocycles. The van der Waals surface area contributed by atoms with E-state index in [0.29, 0.717) is 11.4 Å². The van der Waals surface area contributed by atoms with E-state index >= 15 is 0 Å². The number of halogens is 1. The van der Waals surface area contributed by atoms with Crippen molar-refractivity contribution in [2.45, 2.75) is 12.8 Å². The first-order chi connectivity index (χ1) is 7.59. The van der Waals surface area contributed by atoms with Gasteiger partial charge in [0, 0.05) is 12.2 Å². The minimum atomic E-state index is -0.285. The Balaban J connectivity index is 2.27. The van der Waals surface area contributed by atoms with Gasteiger partial charge in [0.1, 0.15) is 5.82 Å². The van der Waals surface area contributed by atoms with Gasteiger partial charge in [-0.15, -0.1) is 0 Å². The van der Waals surface area contributed by atoms with Crippen molar-refractivity contribution >= 4 is 11.4 Å². The summed E-state index contributed by atoms with van der Waals surface area (Å²) in [6, 6.07) is 4.71. The van der Waals surface area contributed by atoms with Crippen LogP contribution in [0.2, 0.25) is 0 Å². The summed E-state index contributed by atoms with van der Waals surface area (Å²) in [4.78, 5) is 2.14. The largest absolute Gasteiger partial charge is 0.399 e. The van der Waals surface area contributed by atoms with Crippen molar-refractivity contribution in [3.05, 3.63) is 24.0 Å². The lowest BCUT2D eigenvalue weighted by atomic mass is 10.2. The highest BCUT2D eigenvalue weighted by atomic mass is 19.1. The summed E-state index contributed by atoms with van der Waals surface area (Å²) < 4.78 is 13.3. The second kappa shape index (κ2) is 6.33. The van der Waals surface area contributed by atoms with E-state index < -0.39 is 0 Å². The summed E-state index contributed by atoms with van der Waals surface area (Å²) in [5.74, 6) is -0.285. The molecule has 4 heteroatoms. The Hall–Kier alpha value is -1.29. The molecule has 16 heavy (non-hydrogen) atoms. The van der Waals surface area contributed by atoms with E-state index in [-0.39, 0.29) is 5.82 Å². The summed E-state index contributed by atoms with van der Waals surface area (Å²) in [5.41, 5.74) is 6.45. The van der Waals surface area contributed by atoms with E-state index in [0.717, 1.165) is 25.9 Å². The molecule has 0 spiro atoms. The number of hydrogen-bond acceptors (Lipinski definition) is 3. The normalized spacial score (nSPS) is 10.8. The van der Waals surface area contributed by atoms with Crippen LogP contribution in [0.25, 0.3) is 0 Å². The van der Waals surface area contributed by atoms with E-state index in [1.807, 2.05) is 14.1 Å². The van der Waals surface area contributed by atoms with Crippen LogP contribution >= 0.6 is 0 Å². The van der Waals surface area contributed by atoms with Crippen molar-refractivity contribution in [2.75, 3.05) is 38.2 Å². The van der Waals surface area contributed by atoms with Gasteiger partial charge < -0.3 is 16.0 Å². The van der Waals surface area contributed by atoms with Crippen molar-refractivity contribution < 1.29 is 4.39 Å². The predicted octanol–water partition coefficient (Wildman–Crippen LogP) is 2.16. The molecule has 0 saturated carbocycles. The van der Waals surface area contributed by atoms with E-state index in [1.165, 1.54) is 6.07 Å². The van der Waals surface area contributed by atoms with E-state index in [9.17, 15) is 4.39 Å². The zero-order valence-corrected chi connectivity index (χ0v) is 9.96. The summed E-state index contributed by atoms with van der Waals surface area (Å²) in [5, 5.41) is 3.06. The third-order valence-electron chi connectivity index (χ3n) is 2.34. The Morgan fingerprint density at radius 1 is 1.31 bits per heavy atom. The Morgan fingerprint density at radius 2 is 2.06 bits per heavy atom. The van der Waals surface area contributed by atoms with Crippen LogP contribution in [0.4, 0.5) is 15.8 Å². The lowest BCUT2D eigenvalue weighted by molar-refractivity contribution is 0.396. The molecule has 3 nitrogen and oxygen atoms in total. The molecule has 0 aliphatic heterocycles. The second-order valence-corrected chi connectivity index (χ2v) is 4.18. The number of anilines is 2. The van der Waals surface area contributed by atoms with Gasteiger partial charge >= 0.3 is 0 Å². The molecule has 1 rings (SSSR count). The highest BCUT2D eigenvalue weighted by Gasteiger charge is 2.00. The molecule has 1 aromatic rings. The quantitative estimate of drug-likeness (QED) is 0.576. The zero-order chi connectivity index (χ0) is 12.0. The van der Waals surface area contributed by atoms with Crippen LogP contribution in [0.15, 0.2) is 18.2 Å². The van der Waals surface area contributed by atoms with Crippen LogP contribution in [0.3, 0.4) is 0 Å². The molecule has 0 aliphatic carbocycles. The maximum atomic E-state index is 13.3. The number of nitrogens with one attached hydrogen (secondary N) is 1. The number of rotatable bonds is 6. The average molecular weight is 225 g/mol. The lowest BCUT2D eigenvalue weighted by Gasteiger charge is -2.10. The number of nitrogens with zero attached hydrogens (tertiary/aromatic N) is 1. The highest BCUT2D eigenvalue weighted by molar-refractivity contribution is 5.52. The van der Waals surface area contributed by atoms with Crippen molar-refractivity contribution in [1.82, 2.24) is 4.90 Å². The smallest absolute Gasteiger partial charge is 0.148 e. The SMILES string of the molecule is CN(C)CCCCNc1ccc(N)cc1F. The summed E-state index contributed by atoms with van der Waals surface area (Å²) in [6.07, 6.45) is 2.14. The average Bonchev–Trinajstić information content (AvgIpc) is 2.20. The third-order valence-corrected chi connectivity index (χ3v) is 2.34. The van der Waals surface area contributed by atoms with E-state index in [2.05, 4.69) is 10.2 Å². The summed E-state index contributed by atoms with van der Waals surface area (Å²) in [6.45, 7) is 1.85.